The molecule has 8 nitrogen and oxygen atoms in total. The van der Waals surface area contributed by atoms with Gasteiger partial charge in [0, 0.05) is 11.9 Å². The van der Waals surface area contributed by atoms with Gasteiger partial charge < -0.3 is 15.7 Å². The number of carbonyl (C=O) groups excluding carboxylic acids is 2. The lowest BCUT2D eigenvalue weighted by atomic mass is 10.0. The molecule has 0 aliphatic carbocycles. The second kappa shape index (κ2) is 8.50. The van der Waals surface area contributed by atoms with E-state index in [0.29, 0.717) is 6.07 Å². The first-order valence-electron chi connectivity index (χ1n) is 7.99. The molecule has 0 radical (unpaired) electrons. The van der Waals surface area contributed by atoms with Gasteiger partial charge in [-0.15, -0.1) is 11.6 Å². The Labute approximate surface area is 167 Å². The van der Waals surface area contributed by atoms with Crippen LogP contribution < -0.4 is 10.6 Å². The van der Waals surface area contributed by atoms with Gasteiger partial charge in [-0.3, -0.25) is 14.3 Å². The normalized spacial score (nSPS) is 13.3. The van der Waals surface area contributed by atoms with Crippen molar-refractivity contribution in [1.82, 2.24) is 9.78 Å². The van der Waals surface area contributed by atoms with E-state index in [1.807, 2.05) is 0 Å². The zero-order valence-electron chi connectivity index (χ0n) is 14.9. The molecule has 1 atom stereocenters. The van der Waals surface area contributed by atoms with Crippen LogP contribution in [0.1, 0.15) is 18.1 Å². The van der Waals surface area contributed by atoms with E-state index in [2.05, 4.69) is 15.7 Å². The number of amides is 2. The highest BCUT2D eigenvalue weighted by Gasteiger charge is 2.35. The Balaban J connectivity index is 2.13. The van der Waals surface area contributed by atoms with Crippen LogP contribution in [0.15, 0.2) is 30.6 Å². The summed E-state index contributed by atoms with van der Waals surface area (Å²) in [5.41, 5.74) is -3.80. The van der Waals surface area contributed by atoms with E-state index in [0.717, 1.165) is 19.1 Å². The van der Waals surface area contributed by atoms with Crippen molar-refractivity contribution in [2.75, 3.05) is 16.5 Å². The summed E-state index contributed by atoms with van der Waals surface area (Å²) in [7, 11) is 0. The zero-order chi connectivity index (χ0) is 21.8. The minimum absolute atomic E-state index is 0.239. The van der Waals surface area contributed by atoms with Crippen LogP contribution in [0.3, 0.4) is 0 Å². The van der Waals surface area contributed by atoms with Crippen LogP contribution in [0, 0.1) is 11.3 Å². The second-order valence-corrected chi connectivity index (χ2v) is 6.47. The maximum absolute atomic E-state index is 13.0. The standard InChI is InChI=1S/C17H15ClF3N5O3/c1-16(29,9-26-8-12(7-23-26)24-14(27)5-18)15(28)25-11-3-2-10(6-22)13(4-11)17(19,20)21/h2-4,7-8,29H,5,9H2,1H3,(H,24,27)(H,25,28)/t16-/m0/s1. The molecule has 0 unspecified atom stereocenters. The first-order chi connectivity index (χ1) is 13.5. The molecule has 0 saturated heterocycles. The largest absolute Gasteiger partial charge is 0.417 e. The molecule has 1 aromatic carbocycles. The molecule has 1 aromatic heterocycles. The number of aliphatic hydroxyl groups is 1. The predicted molar refractivity (Wildman–Crippen MR) is 97.0 cm³/mol. The number of anilines is 2. The van der Waals surface area contributed by atoms with Crippen molar-refractivity contribution in [1.29, 1.82) is 5.26 Å². The summed E-state index contributed by atoms with van der Waals surface area (Å²) in [6, 6.07) is 4.09. The molecule has 0 fully saturated rings. The van der Waals surface area contributed by atoms with Crippen LogP contribution in [-0.4, -0.2) is 38.2 Å². The van der Waals surface area contributed by atoms with Crippen molar-refractivity contribution in [2.45, 2.75) is 25.2 Å². The van der Waals surface area contributed by atoms with Gasteiger partial charge in [0.05, 0.1) is 35.6 Å². The molecule has 3 N–H and O–H groups in total. The summed E-state index contributed by atoms with van der Waals surface area (Å²) >= 11 is 5.37. The number of hydrogen-bond donors (Lipinski definition) is 3. The first kappa shape index (κ1) is 22.2. The van der Waals surface area contributed by atoms with Gasteiger partial charge in [0.15, 0.2) is 5.60 Å². The summed E-state index contributed by atoms with van der Waals surface area (Å²) in [6.45, 7) is 0.799. The molecule has 0 saturated carbocycles. The van der Waals surface area contributed by atoms with Crippen molar-refractivity contribution in [3.05, 3.63) is 41.7 Å². The summed E-state index contributed by atoms with van der Waals surface area (Å²) in [5.74, 6) is -1.73. The molecule has 29 heavy (non-hydrogen) atoms. The fraction of sp³-hybridized carbons (Fsp3) is 0.294. The third-order valence-electron chi connectivity index (χ3n) is 3.70. The highest BCUT2D eigenvalue weighted by molar-refractivity contribution is 6.29. The van der Waals surface area contributed by atoms with Gasteiger partial charge >= 0.3 is 6.18 Å². The lowest BCUT2D eigenvalue weighted by molar-refractivity contribution is -0.138. The fourth-order valence-electron chi connectivity index (χ4n) is 2.32. The van der Waals surface area contributed by atoms with Gasteiger partial charge in [-0.25, -0.2) is 0 Å². The number of carbonyl (C=O) groups is 2. The molecule has 12 heteroatoms. The van der Waals surface area contributed by atoms with E-state index in [1.54, 1.807) is 0 Å². The SMILES string of the molecule is C[C@](O)(Cn1cc(NC(=O)CCl)cn1)C(=O)Nc1ccc(C#N)c(C(F)(F)F)c1. The van der Waals surface area contributed by atoms with E-state index in [9.17, 15) is 27.9 Å². The van der Waals surface area contributed by atoms with Gasteiger partial charge in [0.2, 0.25) is 5.91 Å². The lowest BCUT2D eigenvalue weighted by Crippen LogP contribution is -2.43. The Hall–Kier alpha value is -3.10. The zero-order valence-corrected chi connectivity index (χ0v) is 15.7. The minimum Gasteiger partial charge on any atom is -0.378 e. The number of nitrogens with one attached hydrogen (secondary N) is 2. The van der Waals surface area contributed by atoms with Gasteiger partial charge in [-0.2, -0.15) is 23.5 Å². The van der Waals surface area contributed by atoms with Gasteiger partial charge in [0.25, 0.3) is 5.91 Å². The van der Waals surface area contributed by atoms with Gasteiger partial charge in [0.1, 0.15) is 5.88 Å². The van der Waals surface area contributed by atoms with Crippen LogP contribution in [0.2, 0.25) is 0 Å². The quantitative estimate of drug-likeness (QED) is 0.609. The molecule has 2 aromatic rings. The molecule has 154 valence electrons. The van der Waals surface area contributed by atoms with E-state index < -0.39 is 34.7 Å². The Morgan fingerprint density at radius 2 is 2.00 bits per heavy atom. The number of nitrogens with zero attached hydrogens (tertiary/aromatic N) is 3. The Morgan fingerprint density at radius 3 is 2.59 bits per heavy atom. The van der Waals surface area contributed by atoms with Gasteiger partial charge in [-0.05, 0) is 25.1 Å². The number of rotatable bonds is 6. The second-order valence-electron chi connectivity index (χ2n) is 6.21. The molecule has 2 rings (SSSR count). The number of hydrogen-bond acceptors (Lipinski definition) is 5. The number of aromatic nitrogens is 2. The van der Waals surface area contributed by atoms with Gasteiger partial charge in [-0.1, -0.05) is 0 Å². The summed E-state index contributed by atoms with van der Waals surface area (Å²) in [6.07, 6.45) is -2.17. The molecule has 0 aliphatic rings. The van der Waals surface area contributed by atoms with Crippen LogP contribution in [0.5, 0.6) is 0 Å². The molecule has 2 amide bonds. The van der Waals surface area contributed by atoms with E-state index in [1.165, 1.54) is 23.1 Å². The lowest BCUT2D eigenvalue weighted by Gasteiger charge is -2.22. The number of alkyl halides is 4. The molecule has 0 bridgehead atoms. The highest BCUT2D eigenvalue weighted by Crippen LogP contribution is 2.33. The molecular formula is C17H15ClF3N5O3. The Kier molecular flexibility index (Phi) is 6.51. The summed E-state index contributed by atoms with van der Waals surface area (Å²) in [4.78, 5) is 23.6. The summed E-state index contributed by atoms with van der Waals surface area (Å²) < 4.78 is 40.3. The first-order valence-corrected chi connectivity index (χ1v) is 8.53. The third-order valence-corrected chi connectivity index (χ3v) is 3.94. The Bertz CT molecular complexity index is 966. The average molecular weight is 430 g/mol. The maximum atomic E-state index is 13.0. The van der Waals surface area contributed by atoms with E-state index in [4.69, 9.17) is 16.9 Å². The van der Waals surface area contributed by atoms with E-state index in [-0.39, 0.29) is 23.8 Å². The summed E-state index contributed by atoms with van der Waals surface area (Å²) in [5, 5.41) is 27.7. The van der Waals surface area contributed by atoms with Crippen molar-refractivity contribution in [3.8, 4) is 6.07 Å². The van der Waals surface area contributed by atoms with Crippen LogP contribution >= 0.6 is 11.6 Å². The predicted octanol–water partition coefficient (Wildman–Crippen LogP) is 2.34. The van der Waals surface area contributed by atoms with Crippen molar-refractivity contribution < 1.29 is 27.9 Å². The maximum Gasteiger partial charge on any atom is 0.417 e. The van der Waals surface area contributed by atoms with Crippen LogP contribution in [0.25, 0.3) is 0 Å². The molecule has 1 heterocycles. The Morgan fingerprint density at radius 1 is 1.31 bits per heavy atom. The van der Waals surface area contributed by atoms with Crippen molar-refractivity contribution in [2.24, 2.45) is 0 Å². The third kappa shape index (κ3) is 5.69. The van der Waals surface area contributed by atoms with Crippen molar-refractivity contribution in [3.63, 3.8) is 0 Å². The van der Waals surface area contributed by atoms with Crippen LogP contribution in [-0.2, 0) is 22.3 Å². The minimum atomic E-state index is -4.78. The topological polar surface area (TPSA) is 120 Å². The smallest absolute Gasteiger partial charge is 0.378 e. The number of nitriles is 1. The number of halogens is 4. The van der Waals surface area contributed by atoms with Crippen LogP contribution in [0.4, 0.5) is 24.5 Å². The van der Waals surface area contributed by atoms with Crippen molar-refractivity contribution >= 4 is 34.8 Å². The van der Waals surface area contributed by atoms with E-state index >= 15 is 0 Å². The molecular weight excluding hydrogens is 415 g/mol. The molecule has 0 spiro atoms. The number of benzene rings is 1. The highest BCUT2D eigenvalue weighted by atomic mass is 35.5. The average Bonchev–Trinajstić information content (AvgIpc) is 3.06. The fourth-order valence-corrected chi connectivity index (χ4v) is 2.38. The monoisotopic (exact) mass is 429 g/mol. The molecule has 0 aliphatic heterocycles.